The van der Waals surface area contributed by atoms with Crippen LogP contribution in [0, 0.1) is 5.82 Å². The second-order valence-electron chi connectivity index (χ2n) is 11.5. The molecule has 2 aliphatic rings. The average Bonchev–Trinajstić information content (AvgIpc) is 3.65. The molecule has 1 saturated carbocycles. The molecule has 0 amide bonds. The van der Waals surface area contributed by atoms with E-state index in [0.717, 1.165) is 54.7 Å². The van der Waals surface area contributed by atoms with Crippen molar-refractivity contribution in [1.29, 1.82) is 0 Å². The van der Waals surface area contributed by atoms with E-state index >= 15 is 0 Å². The number of H-pyrrole nitrogens is 1. The van der Waals surface area contributed by atoms with E-state index in [1.165, 1.54) is 37.0 Å². The van der Waals surface area contributed by atoms with Gasteiger partial charge in [0.25, 0.3) is 5.56 Å². The lowest BCUT2D eigenvalue weighted by Gasteiger charge is -2.25. The number of halogens is 1. The van der Waals surface area contributed by atoms with Crippen LogP contribution in [0.1, 0.15) is 70.1 Å². The molecule has 9 nitrogen and oxygen atoms in total. The van der Waals surface area contributed by atoms with E-state index in [4.69, 9.17) is 4.98 Å². The molecule has 0 atom stereocenters. The second-order valence-corrected chi connectivity index (χ2v) is 11.5. The molecule has 1 aliphatic heterocycles. The molecule has 4 aromatic heterocycles. The Morgan fingerprint density at radius 1 is 1.05 bits per heavy atom. The van der Waals surface area contributed by atoms with Gasteiger partial charge in [0, 0.05) is 43.0 Å². The van der Waals surface area contributed by atoms with Gasteiger partial charge in [-0.1, -0.05) is 26.3 Å². The number of hydrogen-bond donors (Lipinski definition) is 2. The van der Waals surface area contributed by atoms with E-state index in [2.05, 4.69) is 31.5 Å². The number of aromatic nitrogens is 6. The summed E-state index contributed by atoms with van der Waals surface area (Å²) in [5.74, 6) is 1.78. The molecule has 1 aliphatic carbocycles. The Bertz CT molecular complexity index is 1830. The molecule has 1 aromatic carbocycles. The van der Waals surface area contributed by atoms with Crippen molar-refractivity contribution in [1.82, 2.24) is 34.2 Å². The van der Waals surface area contributed by atoms with E-state index in [9.17, 15) is 9.18 Å². The summed E-state index contributed by atoms with van der Waals surface area (Å²) >= 11 is 0. The summed E-state index contributed by atoms with van der Waals surface area (Å²) in [5.41, 5.74) is 4.96. The lowest BCUT2D eigenvalue weighted by Crippen LogP contribution is -2.29. The van der Waals surface area contributed by atoms with Gasteiger partial charge in [0.1, 0.15) is 29.3 Å². The lowest BCUT2D eigenvalue weighted by molar-refractivity contribution is 0.219. The second kappa shape index (κ2) is 12.7. The van der Waals surface area contributed by atoms with Crippen LogP contribution in [0.25, 0.3) is 39.2 Å². The molecule has 0 spiro atoms. The van der Waals surface area contributed by atoms with Crippen LogP contribution in [0.5, 0.6) is 0 Å². The first-order chi connectivity index (χ1) is 21.5. The molecule has 0 radical (unpaired) electrons. The van der Waals surface area contributed by atoms with Crippen molar-refractivity contribution in [2.24, 2.45) is 7.05 Å². The first kappa shape index (κ1) is 29.7. The molecule has 10 heteroatoms. The molecule has 0 unspecified atom stereocenters. The van der Waals surface area contributed by atoms with Gasteiger partial charge in [-0.2, -0.15) is 0 Å². The van der Waals surface area contributed by atoms with E-state index in [1.54, 1.807) is 21.5 Å². The van der Waals surface area contributed by atoms with E-state index < -0.39 is 0 Å². The number of likely N-dealkylation sites (tertiary alicyclic amines) is 1. The predicted octanol–water partition coefficient (Wildman–Crippen LogP) is 6.64. The number of nitrogens with one attached hydrogen (secondary N) is 2. The summed E-state index contributed by atoms with van der Waals surface area (Å²) in [5, 5.41) is 12.6. The van der Waals surface area contributed by atoms with Crippen LogP contribution in [0.4, 0.5) is 10.2 Å². The first-order valence-electron chi connectivity index (χ1n) is 15.9. The van der Waals surface area contributed by atoms with Gasteiger partial charge in [0.05, 0.1) is 0 Å². The Balaban J connectivity index is 0.00000168. The highest BCUT2D eigenvalue weighted by Crippen LogP contribution is 2.43. The third kappa shape index (κ3) is 5.91. The fraction of sp³-hybridized carbons (Fsp3) is 0.412. The van der Waals surface area contributed by atoms with Crippen LogP contribution in [0.3, 0.4) is 0 Å². The minimum Gasteiger partial charge on any atom is -0.370 e. The number of rotatable bonds is 8. The van der Waals surface area contributed by atoms with Crippen molar-refractivity contribution in [3.05, 3.63) is 76.4 Å². The third-order valence-corrected chi connectivity index (χ3v) is 8.41. The maximum absolute atomic E-state index is 14.5. The zero-order valence-corrected chi connectivity index (χ0v) is 26.0. The number of benzene rings is 1. The molecule has 2 N–H and O–H groups in total. The Labute approximate surface area is 257 Å². The number of aromatic amines is 1. The number of aryl methyl sites for hydroxylation is 1. The normalized spacial score (nSPS) is 15.3. The van der Waals surface area contributed by atoms with Crippen LogP contribution in [-0.4, -0.2) is 53.8 Å². The smallest absolute Gasteiger partial charge is 0.280 e. The quantitative estimate of drug-likeness (QED) is 0.209. The highest BCUT2D eigenvalue weighted by molar-refractivity contribution is 5.85. The van der Waals surface area contributed by atoms with Crippen molar-refractivity contribution in [2.75, 3.05) is 25.0 Å². The molecule has 1 saturated heterocycles. The Kier molecular flexibility index (Phi) is 8.61. The van der Waals surface area contributed by atoms with Crippen molar-refractivity contribution in [2.45, 2.75) is 65.3 Å². The van der Waals surface area contributed by atoms with Gasteiger partial charge in [-0.25, -0.2) is 9.37 Å². The Hall–Kier alpha value is -4.31. The summed E-state index contributed by atoms with van der Waals surface area (Å²) in [6.45, 7) is 9.68. The minimum atomic E-state index is -0.360. The number of hydrogen-bond acceptors (Lipinski definition) is 6. The molecular weight excluding hydrogens is 555 g/mol. The lowest BCUT2D eigenvalue weighted by atomic mass is 9.99. The monoisotopic (exact) mass is 596 g/mol. The van der Waals surface area contributed by atoms with Gasteiger partial charge in [0.2, 0.25) is 0 Å². The highest BCUT2D eigenvalue weighted by Gasteiger charge is 2.28. The molecule has 5 heterocycles. The first-order valence-corrected chi connectivity index (χ1v) is 15.9. The fourth-order valence-electron chi connectivity index (χ4n) is 6.17. The van der Waals surface area contributed by atoms with Crippen LogP contribution in [0.2, 0.25) is 0 Å². The molecular formula is C34H41FN8O. The van der Waals surface area contributed by atoms with Crippen molar-refractivity contribution >= 4 is 16.7 Å². The fourth-order valence-corrected chi connectivity index (χ4v) is 6.17. The van der Waals surface area contributed by atoms with Gasteiger partial charge in [-0.3, -0.25) is 14.3 Å². The molecule has 230 valence electrons. The average molecular weight is 597 g/mol. The van der Waals surface area contributed by atoms with Gasteiger partial charge in [-0.15, -0.1) is 10.2 Å². The minimum absolute atomic E-state index is 0.126. The zero-order valence-electron chi connectivity index (χ0n) is 26.0. The SMILES string of the molecule is CC.CCNc1cc(-c2ccc(F)cc2-c2nncn2C)cc(-n2cc(C3CC3)c3cc(CN4CCCCC4)[nH]c3c2=O)n1. The number of pyridine rings is 2. The van der Waals surface area contributed by atoms with Crippen LogP contribution in [-0.2, 0) is 13.6 Å². The van der Waals surface area contributed by atoms with Crippen LogP contribution in [0.15, 0.2) is 53.7 Å². The van der Waals surface area contributed by atoms with E-state index in [0.29, 0.717) is 41.0 Å². The van der Waals surface area contributed by atoms with E-state index in [1.807, 2.05) is 46.1 Å². The third-order valence-electron chi connectivity index (χ3n) is 8.41. The van der Waals surface area contributed by atoms with Gasteiger partial charge >= 0.3 is 0 Å². The molecule has 5 aromatic rings. The van der Waals surface area contributed by atoms with Gasteiger partial charge in [0.15, 0.2) is 5.82 Å². The summed E-state index contributed by atoms with van der Waals surface area (Å²) in [6, 6.07) is 10.7. The highest BCUT2D eigenvalue weighted by atomic mass is 19.1. The van der Waals surface area contributed by atoms with Crippen molar-refractivity contribution < 1.29 is 4.39 Å². The van der Waals surface area contributed by atoms with Gasteiger partial charge in [-0.05, 0) is 98.6 Å². The molecule has 44 heavy (non-hydrogen) atoms. The van der Waals surface area contributed by atoms with Crippen molar-refractivity contribution in [3.8, 4) is 28.3 Å². The van der Waals surface area contributed by atoms with E-state index in [-0.39, 0.29) is 11.4 Å². The number of nitrogens with zero attached hydrogens (tertiary/aromatic N) is 6. The number of anilines is 1. The summed E-state index contributed by atoms with van der Waals surface area (Å²) in [4.78, 5) is 24.9. The number of piperidine rings is 1. The maximum Gasteiger partial charge on any atom is 0.280 e. The molecule has 7 rings (SSSR count). The number of fused-ring (bicyclic) bond motifs is 1. The maximum atomic E-state index is 14.5. The Morgan fingerprint density at radius 3 is 2.55 bits per heavy atom. The summed E-state index contributed by atoms with van der Waals surface area (Å²) in [7, 11) is 1.83. The van der Waals surface area contributed by atoms with Gasteiger partial charge < -0.3 is 14.9 Å². The van der Waals surface area contributed by atoms with Crippen LogP contribution >= 0.6 is 0 Å². The zero-order chi connectivity index (χ0) is 30.8. The molecule has 2 fully saturated rings. The Morgan fingerprint density at radius 2 is 1.84 bits per heavy atom. The summed E-state index contributed by atoms with van der Waals surface area (Å²) in [6.07, 6.45) is 9.55. The topological polar surface area (TPSA) is 96.7 Å². The standard InChI is InChI=1S/C32H35FN8O.C2H6/c1-3-34-28-13-21(24-10-9-22(33)15-26(24)31-38-35-19-39(31)2)14-29(37-28)41-18-27(20-7-8-20)25-16-23(36-30(25)32(41)42)17-40-11-5-4-6-12-40;1-2/h9-10,13-16,18-20,36H,3-8,11-12,17H2,1-2H3,(H,34,37);1-2H3. The van der Waals surface area contributed by atoms with Crippen molar-refractivity contribution in [3.63, 3.8) is 0 Å². The molecule has 0 bridgehead atoms. The van der Waals surface area contributed by atoms with Crippen LogP contribution < -0.4 is 10.9 Å². The predicted molar refractivity (Wildman–Crippen MR) is 174 cm³/mol. The summed E-state index contributed by atoms with van der Waals surface area (Å²) < 4.78 is 17.9. The largest absolute Gasteiger partial charge is 0.370 e.